The van der Waals surface area contributed by atoms with Crippen molar-refractivity contribution in [2.75, 3.05) is 0 Å². The molecule has 0 radical (unpaired) electrons. The average Bonchev–Trinajstić information content (AvgIpc) is 2.56. The Morgan fingerprint density at radius 3 is 1.73 bits per heavy atom. The van der Waals surface area contributed by atoms with Crippen LogP contribution in [0, 0.1) is 0 Å². The molecule has 1 nitrogen and oxygen atoms in total. The molecule has 0 aliphatic heterocycles. The number of hydrogen-bond acceptors (Lipinski definition) is 0. The van der Waals surface area contributed by atoms with Crippen LogP contribution < -0.4 is 12.4 Å². The zero-order valence-electron chi connectivity index (χ0n) is 16.5. The summed E-state index contributed by atoms with van der Waals surface area (Å²) in [7, 11) is 0. The second-order valence-corrected chi connectivity index (χ2v) is 9.63. The molecule has 0 aliphatic rings. The number of aryl methyl sites for hydroxylation is 1. The van der Waals surface area contributed by atoms with Crippen LogP contribution in [0.15, 0.2) is 24.3 Å². The summed E-state index contributed by atoms with van der Waals surface area (Å²) in [6.07, 6.45) is 14.6. The maximum Gasteiger partial charge on any atom is 0.209 e. The predicted molar refractivity (Wildman–Crippen MR) is 113 cm³/mol. The standard InChI is InChI=1S/C21H35Cl3N.ClH/c1-4-5-6-7-8-9-10-11-12-13-16-19-17-14-15-18-20(19)21(2,3)25(22,23)24;/h14-15,17-18H,4-13,16H2,1-3H3;1H/q+1;/p-1. The Morgan fingerprint density at radius 2 is 1.23 bits per heavy atom. The fourth-order valence-corrected chi connectivity index (χ4v) is 3.55. The van der Waals surface area contributed by atoms with Gasteiger partial charge in [0.25, 0.3) is 0 Å². The zero-order chi connectivity index (χ0) is 18.8. The molecule has 0 bridgehead atoms. The van der Waals surface area contributed by atoms with Crippen LogP contribution in [0.4, 0.5) is 0 Å². The van der Waals surface area contributed by atoms with E-state index < -0.39 is 8.58 Å². The molecule has 0 heterocycles. The number of nitrogens with zero attached hydrogens (tertiary/aromatic N) is 1. The number of quaternary nitrogens is 1. The van der Waals surface area contributed by atoms with Crippen molar-refractivity contribution in [2.24, 2.45) is 0 Å². The maximum atomic E-state index is 6.16. The van der Waals surface area contributed by atoms with E-state index >= 15 is 0 Å². The Balaban J connectivity index is 0.00000625. The summed E-state index contributed by atoms with van der Waals surface area (Å²) in [5, 5.41) is 0. The van der Waals surface area contributed by atoms with Crippen LogP contribution in [0.5, 0.6) is 0 Å². The van der Waals surface area contributed by atoms with Gasteiger partial charge in [0.1, 0.15) is 0 Å². The summed E-state index contributed by atoms with van der Waals surface area (Å²) in [5.41, 5.74) is 1.88. The quantitative estimate of drug-likeness (QED) is 0.272. The van der Waals surface area contributed by atoms with Crippen LogP contribution in [0.25, 0.3) is 0 Å². The first kappa shape index (κ1) is 26.3. The Bertz CT molecular complexity index is 483. The minimum absolute atomic E-state index is 0. The SMILES string of the molecule is CCCCCCCCCCCCc1ccccc1C(C)(C)[N+](Cl)(Cl)Cl.[Cl-]. The summed E-state index contributed by atoms with van der Waals surface area (Å²) in [6, 6.07) is 8.37. The van der Waals surface area contributed by atoms with E-state index in [1.807, 2.05) is 19.9 Å². The summed E-state index contributed by atoms with van der Waals surface area (Å²) in [6.45, 7) is 6.24. The molecule has 0 spiro atoms. The summed E-state index contributed by atoms with van der Waals surface area (Å²) in [4.78, 5) is 0. The van der Waals surface area contributed by atoms with Gasteiger partial charge in [-0.1, -0.05) is 89.0 Å². The molecule has 0 amide bonds. The lowest BCUT2D eigenvalue weighted by atomic mass is 9.88. The smallest absolute Gasteiger partial charge is 0.209 e. The van der Waals surface area contributed by atoms with Crippen molar-refractivity contribution >= 4 is 35.3 Å². The first-order valence-electron chi connectivity index (χ1n) is 9.87. The van der Waals surface area contributed by atoms with E-state index in [4.69, 9.17) is 35.3 Å². The molecule has 0 aliphatic carbocycles. The monoisotopic (exact) mass is 441 g/mol. The molecular weight excluding hydrogens is 408 g/mol. The molecule has 0 unspecified atom stereocenters. The van der Waals surface area contributed by atoms with E-state index in [0.717, 1.165) is 12.0 Å². The molecule has 1 aromatic carbocycles. The van der Waals surface area contributed by atoms with Crippen LogP contribution >= 0.6 is 35.3 Å². The van der Waals surface area contributed by atoms with Crippen molar-refractivity contribution in [2.45, 2.75) is 96.9 Å². The lowest BCUT2D eigenvalue weighted by Gasteiger charge is -2.30. The van der Waals surface area contributed by atoms with Crippen molar-refractivity contribution in [3.05, 3.63) is 35.4 Å². The third-order valence-electron chi connectivity index (χ3n) is 5.11. The Kier molecular flexibility index (Phi) is 13.7. The van der Waals surface area contributed by atoms with Gasteiger partial charge in [-0.3, -0.25) is 0 Å². The van der Waals surface area contributed by atoms with Crippen LogP contribution in [-0.2, 0) is 12.0 Å². The highest BCUT2D eigenvalue weighted by Crippen LogP contribution is 2.44. The van der Waals surface area contributed by atoms with E-state index in [2.05, 4.69) is 25.1 Å². The van der Waals surface area contributed by atoms with Gasteiger partial charge in [-0.2, -0.15) is 0 Å². The lowest BCUT2D eigenvalue weighted by Crippen LogP contribution is -3.00. The fourth-order valence-electron chi connectivity index (χ4n) is 3.27. The molecule has 0 fully saturated rings. The minimum Gasteiger partial charge on any atom is -1.00 e. The normalized spacial score (nSPS) is 12.1. The first-order chi connectivity index (χ1) is 11.8. The highest BCUT2D eigenvalue weighted by atomic mass is 35.6. The molecule has 1 aromatic rings. The zero-order valence-corrected chi connectivity index (χ0v) is 19.6. The third-order valence-corrected chi connectivity index (χ3v) is 6.38. The highest BCUT2D eigenvalue weighted by molar-refractivity contribution is 6.38. The second kappa shape index (κ2) is 13.5. The molecule has 152 valence electrons. The molecule has 0 saturated carbocycles. The first-order valence-corrected chi connectivity index (χ1v) is 10.9. The van der Waals surface area contributed by atoms with Gasteiger partial charge in [0.05, 0.1) is 0 Å². The lowest BCUT2D eigenvalue weighted by molar-refractivity contribution is -0.634. The second-order valence-electron chi connectivity index (χ2n) is 7.59. The fraction of sp³-hybridized carbons (Fsp3) is 0.714. The number of hydrogen-bond donors (Lipinski definition) is 0. The molecular formula is C21H35Cl4N. The molecule has 5 heteroatoms. The molecule has 0 saturated heterocycles. The van der Waals surface area contributed by atoms with Crippen LogP contribution in [0.3, 0.4) is 0 Å². The van der Waals surface area contributed by atoms with Gasteiger partial charge in [-0.05, 0) is 35.3 Å². The van der Waals surface area contributed by atoms with E-state index in [0.29, 0.717) is 0 Å². The van der Waals surface area contributed by atoms with E-state index in [1.165, 1.54) is 69.8 Å². The molecule has 0 aromatic heterocycles. The molecule has 26 heavy (non-hydrogen) atoms. The number of unbranched alkanes of at least 4 members (excludes halogenated alkanes) is 9. The van der Waals surface area contributed by atoms with Crippen LogP contribution in [-0.4, -0.2) is 3.04 Å². The van der Waals surface area contributed by atoms with Gasteiger partial charge in [0.2, 0.25) is 35.3 Å². The van der Waals surface area contributed by atoms with E-state index in [-0.39, 0.29) is 12.4 Å². The summed E-state index contributed by atoms with van der Waals surface area (Å²) >= 11 is 18.5. The maximum absolute atomic E-state index is 6.16. The minimum atomic E-state index is -0.623. The topological polar surface area (TPSA) is 0 Å². The van der Waals surface area contributed by atoms with Gasteiger partial charge >= 0.3 is 0 Å². The van der Waals surface area contributed by atoms with E-state index in [9.17, 15) is 0 Å². The van der Waals surface area contributed by atoms with Crippen LogP contribution in [0.2, 0.25) is 0 Å². The number of benzene rings is 1. The van der Waals surface area contributed by atoms with E-state index in [1.54, 1.807) is 0 Å². The molecule has 0 atom stereocenters. The number of rotatable bonds is 13. The third kappa shape index (κ3) is 9.02. The highest BCUT2D eigenvalue weighted by Gasteiger charge is 2.46. The summed E-state index contributed by atoms with van der Waals surface area (Å²) < 4.78 is -0.623. The summed E-state index contributed by atoms with van der Waals surface area (Å²) in [5.74, 6) is 0. The predicted octanol–water partition coefficient (Wildman–Crippen LogP) is 5.67. The van der Waals surface area contributed by atoms with Crippen molar-refractivity contribution < 1.29 is 15.4 Å². The number of halogens is 4. The molecule has 0 N–H and O–H groups in total. The Morgan fingerprint density at radius 1 is 0.769 bits per heavy atom. The largest absolute Gasteiger partial charge is 1.00 e. The average molecular weight is 443 g/mol. The van der Waals surface area contributed by atoms with Gasteiger partial charge in [-0.25, -0.2) is 0 Å². The Labute approximate surface area is 182 Å². The van der Waals surface area contributed by atoms with Gasteiger partial charge in [0.15, 0.2) is 5.54 Å². The van der Waals surface area contributed by atoms with Crippen LogP contribution in [0.1, 0.15) is 96.1 Å². The van der Waals surface area contributed by atoms with Gasteiger partial charge in [-0.15, -0.1) is 0 Å². The van der Waals surface area contributed by atoms with Gasteiger partial charge in [0, 0.05) is 5.56 Å². The Hall–Kier alpha value is 0.340. The molecule has 1 rings (SSSR count). The van der Waals surface area contributed by atoms with Crippen molar-refractivity contribution in [1.82, 2.24) is 0 Å². The van der Waals surface area contributed by atoms with Crippen molar-refractivity contribution in [3.8, 4) is 0 Å². The van der Waals surface area contributed by atoms with Crippen molar-refractivity contribution in [3.63, 3.8) is 0 Å². The van der Waals surface area contributed by atoms with Crippen molar-refractivity contribution in [1.29, 1.82) is 0 Å². The van der Waals surface area contributed by atoms with Gasteiger partial charge < -0.3 is 12.4 Å².